The van der Waals surface area contributed by atoms with E-state index in [4.69, 9.17) is 14.6 Å². The summed E-state index contributed by atoms with van der Waals surface area (Å²) in [5.74, 6) is 0.0387. The highest BCUT2D eigenvalue weighted by molar-refractivity contribution is 5.74. The highest BCUT2D eigenvalue weighted by Crippen LogP contribution is 2.31. The fourth-order valence-corrected chi connectivity index (χ4v) is 1.98. The molecule has 6 nitrogen and oxygen atoms in total. The maximum absolute atomic E-state index is 10.9. The van der Waals surface area contributed by atoms with Gasteiger partial charge in [-0.05, 0) is 37.3 Å². The molecule has 0 amide bonds. The van der Waals surface area contributed by atoms with Crippen molar-refractivity contribution in [3.8, 4) is 17.4 Å². The molecule has 3 rings (SSSR count). The molecule has 2 heterocycles. The standard InChI is InChI=1S/C17H14N2O4/c1-11(17(20)21)22-13-6-2-3-7-14(13)23-15-9-8-12-5-4-10-18-16(12)19-15/h2-11H,1H3,(H,20,21). The van der Waals surface area contributed by atoms with Crippen molar-refractivity contribution in [1.82, 2.24) is 9.97 Å². The molecule has 1 unspecified atom stereocenters. The highest BCUT2D eigenvalue weighted by atomic mass is 16.5. The normalized spacial score (nSPS) is 11.9. The molecule has 2 aromatic heterocycles. The van der Waals surface area contributed by atoms with Crippen molar-refractivity contribution in [3.05, 3.63) is 54.7 Å². The Morgan fingerprint density at radius 1 is 1.09 bits per heavy atom. The summed E-state index contributed by atoms with van der Waals surface area (Å²) >= 11 is 0. The van der Waals surface area contributed by atoms with E-state index in [1.165, 1.54) is 6.92 Å². The molecule has 1 aromatic carbocycles. The second kappa shape index (κ2) is 6.31. The van der Waals surface area contributed by atoms with Crippen LogP contribution < -0.4 is 9.47 Å². The molecule has 1 atom stereocenters. The lowest BCUT2D eigenvalue weighted by Crippen LogP contribution is -2.23. The number of benzene rings is 1. The molecule has 3 aromatic rings. The summed E-state index contributed by atoms with van der Waals surface area (Å²) in [5.41, 5.74) is 0.572. The lowest BCUT2D eigenvalue weighted by Gasteiger charge is -2.14. The molecular weight excluding hydrogens is 296 g/mol. The van der Waals surface area contributed by atoms with Crippen LogP contribution in [-0.2, 0) is 4.79 Å². The first-order valence-corrected chi connectivity index (χ1v) is 7.01. The number of hydrogen-bond acceptors (Lipinski definition) is 5. The fourth-order valence-electron chi connectivity index (χ4n) is 1.98. The van der Waals surface area contributed by atoms with Gasteiger partial charge in [-0.2, -0.15) is 4.98 Å². The van der Waals surface area contributed by atoms with Crippen LogP contribution in [0.5, 0.6) is 17.4 Å². The molecule has 0 bridgehead atoms. The maximum atomic E-state index is 10.9. The van der Waals surface area contributed by atoms with Crippen LogP contribution in [0.25, 0.3) is 11.0 Å². The Hall–Kier alpha value is -3.15. The molecule has 0 saturated heterocycles. The number of para-hydroxylation sites is 2. The first-order chi connectivity index (χ1) is 11.1. The summed E-state index contributed by atoms with van der Waals surface area (Å²) in [5, 5.41) is 9.86. The van der Waals surface area contributed by atoms with Gasteiger partial charge in [0.05, 0.1) is 0 Å². The van der Waals surface area contributed by atoms with Crippen molar-refractivity contribution in [3.63, 3.8) is 0 Å². The number of ether oxygens (including phenoxy) is 2. The van der Waals surface area contributed by atoms with Gasteiger partial charge >= 0.3 is 5.97 Å². The summed E-state index contributed by atoms with van der Waals surface area (Å²) < 4.78 is 11.1. The SMILES string of the molecule is CC(Oc1ccccc1Oc1ccc2cccnc2n1)C(=O)O. The first kappa shape index (κ1) is 14.8. The average Bonchev–Trinajstić information content (AvgIpc) is 2.56. The summed E-state index contributed by atoms with van der Waals surface area (Å²) in [7, 11) is 0. The van der Waals surface area contributed by atoms with Gasteiger partial charge in [-0.1, -0.05) is 12.1 Å². The van der Waals surface area contributed by atoms with Gasteiger partial charge in [-0.3, -0.25) is 0 Å². The summed E-state index contributed by atoms with van der Waals surface area (Å²) in [6, 6.07) is 14.2. The molecule has 0 aliphatic carbocycles. The van der Waals surface area contributed by atoms with E-state index in [9.17, 15) is 4.79 Å². The topological polar surface area (TPSA) is 81.5 Å². The number of fused-ring (bicyclic) bond motifs is 1. The average molecular weight is 310 g/mol. The molecule has 0 aliphatic rings. The minimum Gasteiger partial charge on any atom is -0.479 e. The highest BCUT2D eigenvalue weighted by Gasteiger charge is 2.15. The smallest absolute Gasteiger partial charge is 0.344 e. The lowest BCUT2D eigenvalue weighted by molar-refractivity contribution is -0.144. The molecule has 23 heavy (non-hydrogen) atoms. The zero-order valence-electron chi connectivity index (χ0n) is 12.3. The molecule has 116 valence electrons. The van der Waals surface area contributed by atoms with Crippen LogP contribution in [0, 0.1) is 0 Å². The number of rotatable bonds is 5. The second-order valence-electron chi connectivity index (χ2n) is 4.85. The van der Waals surface area contributed by atoms with E-state index in [2.05, 4.69) is 9.97 Å². The van der Waals surface area contributed by atoms with Crippen LogP contribution in [0.4, 0.5) is 0 Å². The van der Waals surface area contributed by atoms with Crippen LogP contribution in [0.3, 0.4) is 0 Å². The van der Waals surface area contributed by atoms with Gasteiger partial charge in [0.2, 0.25) is 5.88 Å². The minimum atomic E-state index is -1.05. The largest absolute Gasteiger partial charge is 0.479 e. The predicted molar refractivity (Wildman–Crippen MR) is 83.8 cm³/mol. The van der Waals surface area contributed by atoms with Crippen LogP contribution in [-0.4, -0.2) is 27.1 Å². The van der Waals surface area contributed by atoms with Gasteiger partial charge in [0.25, 0.3) is 0 Å². The Kier molecular flexibility index (Phi) is 4.05. The number of hydrogen-bond donors (Lipinski definition) is 1. The quantitative estimate of drug-likeness (QED) is 0.779. The number of pyridine rings is 2. The third kappa shape index (κ3) is 3.37. The van der Waals surface area contributed by atoms with E-state index in [1.54, 1.807) is 36.5 Å². The first-order valence-electron chi connectivity index (χ1n) is 7.01. The zero-order valence-corrected chi connectivity index (χ0v) is 12.3. The Labute approximate surface area is 132 Å². The van der Waals surface area contributed by atoms with E-state index in [0.717, 1.165) is 5.39 Å². The third-order valence-corrected chi connectivity index (χ3v) is 3.15. The van der Waals surface area contributed by atoms with Gasteiger partial charge in [0.15, 0.2) is 23.3 Å². The number of carboxylic acids is 1. The van der Waals surface area contributed by atoms with E-state index in [-0.39, 0.29) is 0 Å². The zero-order chi connectivity index (χ0) is 16.2. The van der Waals surface area contributed by atoms with Crippen LogP contribution in [0.1, 0.15) is 6.92 Å². The van der Waals surface area contributed by atoms with Crippen LogP contribution in [0.2, 0.25) is 0 Å². The number of carboxylic acid groups (broad SMARTS) is 1. The molecule has 1 N–H and O–H groups in total. The predicted octanol–water partition coefficient (Wildman–Crippen LogP) is 3.27. The minimum absolute atomic E-state index is 0.338. The third-order valence-electron chi connectivity index (χ3n) is 3.15. The summed E-state index contributed by atoms with van der Waals surface area (Å²) in [4.78, 5) is 19.4. The van der Waals surface area contributed by atoms with Gasteiger partial charge in [0, 0.05) is 17.6 Å². The van der Waals surface area contributed by atoms with Crippen molar-refractivity contribution in [2.45, 2.75) is 13.0 Å². The number of aliphatic carboxylic acids is 1. The Balaban J connectivity index is 1.88. The Morgan fingerprint density at radius 2 is 1.87 bits per heavy atom. The van der Waals surface area contributed by atoms with Gasteiger partial charge in [-0.25, -0.2) is 9.78 Å². The van der Waals surface area contributed by atoms with Crippen LogP contribution in [0.15, 0.2) is 54.7 Å². The molecule has 0 fully saturated rings. The summed E-state index contributed by atoms with van der Waals surface area (Å²) in [6.07, 6.45) is 0.677. The van der Waals surface area contributed by atoms with Gasteiger partial charge in [-0.15, -0.1) is 0 Å². The number of aromatic nitrogens is 2. The van der Waals surface area contributed by atoms with Crippen LogP contribution >= 0.6 is 0 Å². The fraction of sp³-hybridized carbons (Fsp3) is 0.118. The molecule has 0 aliphatic heterocycles. The monoisotopic (exact) mass is 310 g/mol. The number of carbonyl (C=O) groups is 1. The van der Waals surface area contributed by atoms with Crippen molar-refractivity contribution in [2.24, 2.45) is 0 Å². The Bertz CT molecular complexity index is 851. The van der Waals surface area contributed by atoms with Crippen molar-refractivity contribution in [2.75, 3.05) is 0 Å². The van der Waals surface area contributed by atoms with E-state index >= 15 is 0 Å². The van der Waals surface area contributed by atoms with E-state index in [0.29, 0.717) is 23.0 Å². The molecule has 0 radical (unpaired) electrons. The van der Waals surface area contributed by atoms with E-state index < -0.39 is 12.1 Å². The van der Waals surface area contributed by atoms with Crippen molar-refractivity contribution in [1.29, 1.82) is 0 Å². The molecule has 0 spiro atoms. The van der Waals surface area contributed by atoms with Crippen molar-refractivity contribution < 1.29 is 19.4 Å². The van der Waals surface area contributed by atoms with E-state index in [1.807, 2.05) is 18.2 Å². The molecule has 6 heteroatoms. The number of nitrogens with zero attached hydrogens (tertiary/aromatic N) is 2. The Morgan fingerprint density at radius 3 is 2.65 bits per heavy atom. The maximum Gasteiger partial charge on any atom is 0.344 e. The van der Waals surface area contributed by atoms with Gasteiger partial charge < -0.3 is 14.6 Å². The lowest BCUT2D eigenvalue weighted by atomic mass is 10.3. The molecular formula is C17H14N2O4. The summed E-state index contributed by atoms with van der Waals surface area (Å²) in [6.45, 7) is 1.46. The molecule has 0 saturated carbocycles. The second-order valence-corrected chi connectivity index (χ2v) is 4.85. The van der Waals surface area contributed by atoms with Crippen molar-refractivity contribution >= 4 is 17.0 Å². The van der Waals surface area contributed by atoms with Gasteiger partial charge in [0.1, 0.15) is 0 Å².